The molecule has 0 atom stereocenters. The lowest BCUT2D eigenvalue weighted by Crippen LogP contribution is -2.66. The van der Waals surface area contributed by atoms with Crippen LogP contribution in [0.2, 0.25) is 5.04 Å². The highest BCUT2D eigenvalue weighted by atomic mass is 28.4. The standard InChI is InChI=1S/C23H29NOSi/c1-23(2,3)26(21-15-9-7-10-16-21,22-17-11-8-12-18-22)25-20-14-6-5-13-19-24-4/h5-12,15-18H,13-14,19-20H2,1-3H3. The van der Waals surface area contributed by atoms with Crippen LogP contribution in [0.15, 0.2) is 72.8 Å². The first-order valence-corrected chi connectivity index (χ1v) is 11.2. The molecule has 0 spiro atoms. The van der Waals surface area contributed by atoms with E-state index in [4.69, 9.17) is 11.0 Å². The number of benzene rings is 2. The summed E-state index contributed by atoms with van der Waals surface area (Å²) in [5.74, 6) is 0. The van der Waals surface area contributed by atoms with Gasteiger partial charge in [0.15, 0.2) is 0 Å². The van der Waals surface area contributed by atoms with E-state index in [1.54, 1.807) is 0 Å². The van der Waals surface area contributed by atoms with Crippen LogP contribution in [-0.4, -0.2) is 21.5 Å². The van der Waals surface area contributed by atoms with Crippen LogP contribution in [0, 0.1) is 6.57 Å². The lowest BCUT2D eigenvalue weighted by molar-refractivity contribution is 0.304. The number of rotatable bonds is 8. The van der Waals surface area contributed by atoms with Crippen LogP contribution < -0.4 is 10.4 Å². The first-order chi connectivity index (χ1) is 12.5. The summed E-state index contributed by atoms with van der Waals surface area (Å²) in [6.07, 6.45) is 5.93. The maximum Gasteiger partial charge on any atom is 0.261 e. The van der Waals surface area contributed by atoms with Crippen molar-refractivity contribution in [2.75, 3.05) is 13.2 Å². The molecule has 3 heteroatoms. The summed E-state index contributed by atoms with van der Waals surface area (Å²) >= 11 is 0. The molecule has 0 fully saturated rings. The molecule has 0 amide bonds. The summed E-state index contributed by atoms with van der Waals surface area (Å²) < 4.78 is 6.80. The minimum Gasteiger partial charge on any atom is -0.407 e. The smallest absolute Gasteiger partial charge is 0.261 e. The molecule has 2 nitrogen and oxygen atoms in total. The van der Waals surface area contributed by atoms with E-state index in [-0.39, 0.29) is 5.04 Å². The van der Waals surface area contributed by atoms with Gasteiger partial charge in [-0.2, -0.15) is 0 Å². The van der Waals surface area contributed by atoms with Gasteiger partial charge in [0.1, 0.15) is 0 Å². The van der Waals surface area contributed by atoms with Crippen molar-refractivity contribution in [3.63, 3.8) is 0 Å². The average Bonchev–Trinajstić information content (AvgIpc) is 2.64. The van der Waals surface area contributed by atoms with Gasteiger partial charge in [-0.05, 0) is 21.8 Å². The molecule has 0 aliphatic heterocycles. The summed E-state index contributed by atoms with van der Waals surface area (Å²) in [6.45, 7) is 15.0. The van der Waals surface area contributed by atoms with E-state index in [1.807, 2.05) is 0 Å². The highest BCUT2D eigenvalue weighted by molar-refractivity contribution is 6.99. The minimum absolute atomic E-state index is 0.0174. The fraction of sp³-hybridized carbons (Fsp3) is 0.348. The highest BCUT2D eigenvalue weighted by Gasteiger charge is 2.49. The summed E-state index contributed by atoms with van der Waals surface area (Å²) in [4.78, 5) is 3.38. The summed E-state index contributed by atoms with van der Waals surface area (Å²) in [5.41, 5.74) is 0. The highest BCUT2D eigenvalue weighted by Crippen LogP contribution is 2.36. The molecular weight excluding hydrogens is 334 g/mol. The molecule has 2 aromatic carbocycles. The molecule has 0 heterocycles. The molecule has 0 saturated carbocycles. The predicted molar refractivity (Wildman–Crippen MR) is 113 cm³/mol. The van der Waals surface area contributed by atoms with Gasteiger partial charge in [0.25, 0.3) is 8.32 Å². The van der Waals surface area contributed by atoms with Crippen LogP contribution in [0.1, 0.15) is 33.6 Å². The molecule has 0 N–H and O–H groups in total. The number of hydrogen-bond donors (Lipinski definition) is 0. The SMILES string of the molecule is [C-]#[N+]CCC=CCCO[Si](c1ccccc1)(c1ccccc1)C(C)(C)C. The molecule has 2 rings (SSSR count). The lowest BCUT2D eigenvalue weighted by atomic mass is 10.2. The zero-order valence-corrected chi connectivity index (χ0v) is 17.1. The Bertz CT molecular complexity index is 687. The van der Waals surface area contributed by atoms with Crippen molar-refractivity contribution in [1.29, 1.82) is 0 Å². The molecule has 2 aromatic rings. The van der Waals surface area contributed by atoms with Crippen molar-refractivity contribution in [2.24, 2.45) is 0 Å². The second-order valence-electron chi connectivity index (χ2n) is 7.44. The van der Waals surface area contributed by atoms with Crippen LogP contribution in [0.5, 0.6) is 0 Å². The Balaban J connectivity index is 2.32. The first kappa shape index (κ1) is 20.2. The summed E-state index contributed by atoms with van der Waals surface area (Å²) in [7, 11) is -2.41. The summed E-state index contributed by atoms with van der Waals surface area (Å²) in [6, 6.07) is 21.4. The van der Waals surface area contributed by atoms with Crippen LogP contribution in [0.4, 0.5) is 0 Å². The van der Waals surface area contributed by atoms with Crippen LogP contribution in [0.3, 0.4) is 0 Å². The second kappa shape index (κ2) is 9.52. The fourth-order valence-electron chi connectivity index (χ4n) is 3.42. The van der Waals surface area contributed by atoms with Gasteiger partial charge in [-0.1, -0.05) is 93.6 Å². The third-order valence-electron chi connectivity index (χ3n) is 4.59. The molecule has 136 valence electrons. The second-order valence-corrected chi connectivity index (χ2v) is 11.7. The minimum atomic E-state index is -2.41. The molecule has 0 saturated heterocycles. The average molecular weight is 364 g/mol. The molecule has 0 bridgehead atoms. The maximum absolute atomic E-state index is 6.83. The van der Waals surface area contributed by atoms with Crippen LogP contribution in [-0.2, 0) is 4.43 Å². The quantitative estimate of drug-likeness (QED) is 0.284. The largest absolute Gasteiger partial charge is 0.407 e. The van der Waals surface area contributed by atoms with E-state index in [2.05, 4.69) is 98.4 Å². The molecule has 26 heavy (non-hydrogen) atoms. The van der Waals surface area contributed by atoms with E-state index in [1.165, 1.54) is 10.4 Å². The van der Waals surface area contributed by atoms with E-state index in [0.717, 1.165) is 12.8 Å². The topological polar surface area (TPSA) is 13.6 Å². The molecule has 0 radical (unpaired) electrons. The zero-order chi connectivity index (χ0) is 18.9. The van der Waals surface area contributed by atoms with Gasteiger partial charge in [0.2, 0.25) is 6.54 Å². The van der Waals surface area contributed by atoms with Crippen molar-refractivity contribution in [3.8, 4) is 0 Å². The van der Waals surface area contributed by atoms with Crippen molar-refractivity contribution >= 4 is 18.7 Å². The first-order valence-electron chi connectivity index (χ1n) is 9.25. The fourth-order valence-corrected chi connectivity index (χ4v) is 8.00. The van der Waals surface area contributed by atoms with Gasteiger partial charge >= 0.3 is 0 Å². The maximum atomic E-state index is 6.83. The van der Waals surface area contributed by atoms with Crippen molar-refractivity contribution in [3.05, 3.63) is 84.2 Å². The van der Waals surface area contributed by atoms with E-state index in [0.29, 0.717) is 13.2 Å². The van der Waals surface area contributed by atoms with E-state index < -0.39 is 8.32 Å². The summed E-state index contributed by atoms with van der Waals surface area (Å²) in [5, 5.41) is 2.65. The molecule has 0 aromatic heterocycles. The predicted octanol–water partition coefficient (Wildman–Crippen LogP) is 4.82. The van der Waals surface area contributed by atoms with Gasteiger partial charge in [-0.25, -0.2) is 6.57 Å². The Morgan fingerprint density at radius 3 is 1.85 bits per heavy atom. The Morgan fingerprint density at radius 2 is 1.38 bits per heavy atom. The zero-order valence-electron chi connectivity index (χ0n) is 16.1. The van der Waals surface area contributed by atoms with Crippen molar-refractivity contribution in [2.45, 2.75) is 38.7 Å². The van der Waals surface area contributed by atoms with Crippen molar-refractivity contribution < 1.29 is 4.43 Å². The van der Waals surface area contributed by atoms with Gasteiger partial charge in [0.05, 0.1) is 0 Å². The molecule has 0 unspecified atom stereocenters. The molecular formula is C23H29NOSi. The molecule has 0 aliphatic rings. The monoisotopic (exact) mass is 363 g/mol. The Kier molecular flexibility index (Phi) is 7.38. The number of hydrogen-bond acceptors (Lipinski definition) is 1. The van der Waals surface area contributed by atoms with Gasteiger partial charge < -0.3 is 9.27 Å². The van der Waals surface area contributed by atoms with E-state index in [9.17, 15) is 0 Å². The normalized spacial score (nSPS) is 12.2. The lowest BCUT2D eigenvalue weighted by Gasteiger charge is -2.43. The number of nitrogens with zero attached hydrogens (tertiary/aromatic N) is 1. The van der Waals surface area contributed by atoms with Gasteiger partial charge in [0, 0.05) is 13.0 Å². The third-order valence-corrected chi connectivity index (χ3v) is 9.64. The third kappa shape index (κ3) is 4.72. The Morgan fingerprint density at radius 1 is 0.885 bits per heavy atom. The van der Waals surface area contributed by atoms with Crippen molar-refractivity contribution in [1.82, 2.24) is 0 Å². The van der Waals surface area contributed by atoms with Gasteiger partial charge in [-0.3, -0.25) is 0 Å². The van der Waals surface area contributed by atoms with Crippen LogP contribution in [0.25, 0.3) is 4.85 Å². The Hall–Kier alpha value is -2.15. The van der Waals surface area contributed by atoms with Crippen LogP contribution >= 0.6 is 0 Å². The molecule has 0 aliphatic carbocycles. The Labute approximate surface area is 159 Å². The van der Waals surface area contributed by atoms with E-state index >= 15 is 0 Å². The van der Waals surface area contributed by atoms with Gasteiger partial charge in [-0.15, -0.1) is 0 Å².